The van der Waals surface area contributed by atoms with Gasteiger partial charge in [0.1, 0.15) is 56.9 Å². The fourth-order valence-corrected chi connectivity index (χ4v) is 4.08. The largest absolute Gasteiger partial charge is 0.507 e. The first-order valence-electron chi connectivity index (χ1n) is 15.1. The molecule has 0 spiro atoms. The van der Waals surface area contributed by atoms with E-state index in [4.69, 9.17) is 28.7 Å². The lowest BCUT2D eigenvalue weighted by Crippen LogP contribution is -2.26. The average Bonchev–Trinajstić information content (AvgIpc) is 3.16. The third-order valence-electron chi connectivity index (χ3n) is 6.52. The minimum absolute atomic E-state index is 0.0696. The van der Waals surface area contributed by atoms with Crippen LogP contribution in [0.3, 0.4) is 0 Å². The van der Waals surface area contributed by atoms with E-state index >= 15 is 0 Å². The van der Waals surface area contributed by atoms with Gasteiger partial charge in [0, 0.05) is 5.56 Å². The number of phenolic OH excluding ortho intramolecular Hbond substituents is 1. The van der Waals surface area contributed by atoms with Crippen LogP contribution in [0, 0.1) is 32.4 Å². The Kier molecular flexibility index (Phi) is 14.0. The molecule has 6 rings (SSSR count). The summed E-state index contributed by atoms with van der Waals surface area (Å²) in [6.07, 6.45) is 2.56. The zero-order valence-electron chi connectivity index (χ0n) is 28.0. The number of aryl methyl sites for hydroxylation is 3. The number of phenols is 1. The summed E-state index contributed by atoms with van der Waals surface area (Å²) < 4.78 is 43.1. The van der Waals surface area contributed by atoms with Crippen molar-refractivity contribution in [3.63, 3.8) is 0 Å². The summed E-state index contributed by atoms with van der Waals surface area (Å²) in [5, 5.41) is 30.3. The summed E-state index contributed by atoms with van der Waals surface area (Å²) >= 11 is 0. The summed E-state index contributed by atoms with van der Waals surface area (Å²) in [4.78, 5) is 33.5. The van der Waals surface area contributed by atoms with Crippen LogP contribution >= 0.6 is 0 Å². The number of aliphatic imine (C=N–C) groups is 1. The molecule has 4 aromatic rings. The molecule has 0 aliphatic carbocycles. The van der Waals surface area contributed by atoms with E-state index in [-0.39, 0.29) is 46.4 Å². The molecule has 2 N–H and O–H groups in total. The highest BCUT2D eigenvalue weighted by atomic mass is 19.1. The Morgan fingerprint density at radius 3 is 1.84 bits per heavy atom. The van der Waals surface area contributed by atoms with Crippen LogP contribution < -0.4 is 4.74 Å². The lowest BCUT2D eigenvalue weighted by Gasteiger charge is -2.17. The molecule has 2 aliphatic rings. The molecule has 0 radical (unpaired) electrons. The maximum atomic E-state index is 14.1. The molecule has 0 saturated carbocycles. The molecule has 0 atom stereocenters. The number of benzene rings is 2. The van der Waals surface area contributed by atoms with Gasteiger partial charge in [0.05, 0.1) is 22.6 Å². The fraction of sp³-hybridized carbons (Fsp3) is 0.273. The molecule has 0 saturated heterocycles. The van der Waals surface area contributed by atoms with E-state index in [0.29, 0.717) is 54.7 Å². The van der Waals surface area contributed by atoms with Crippen LogP contribution in [0.25, 0.3) is 0 Å². The second-order valence-corrected chi connectivity index (χ2v) is 9.98. The van der Waals surface area contributed by atoms with Crippen molar-refractivity contribution >= 4 is 23.2 Å². The van der Waals surface area contributed by atoms with Crippen LogP contribution in [0.15, 0.2) is 81.6 Å². The van der Waals surface area contributed by atoms with Gasteiger partial charge >= 0.3 is 0 Å². The van der Waals surface area contributed by atoms with E-state index in [1.807, 2.05) is 0 Å². The Morgan fingerprint density at radius 1 is 0.745 bits per heavy atom. The summed E-state index contributed by atoms with van der Waals surface area (Å²) in [6.45, 7) is 5.64. The number of aliphatic hydroxyl groups is 1. The SMILES string of the molecule is CO/N=C(/C1=NOCCO1)c1ccccc1O.Cc1ncnc(C)c1F.Cc1ncnc(Oc2ccccc2C(=NCO)C2=NOCCO2)c1F. The Bertz CT molecular complexity index is 1890. The van der Waals surface area contributed by atoms with Gasteiger partial charge in [0.15, 0.2) is 24.7 Å². The van der Waals surface area contributed by atoms with Gasteiger partial charge in [-0.05, 0) is 55.3 Å². The van der Waals surface area contributed by atoms with Crippen LogP contribution in [0.5, 0.6) is 17.4 Å². The predicted octanol–water partition coefficient (Wildman–Crippen LogP) is 4.15. The van der Waals surface area contributed by atoms with E-state index in [1.165, 1.54) is 26.7 Å². The van der Waals surface area contributed by atoms with Crippen molar-refractivity contribution in [3.05, 3.63) is 101 Å². The zero-order chi connectivity index (χ0) is 36.6. The molecule has 0 fully saturated rings. The minimum Gasteiger partial charge on any atom is -0.507 e. The second kappa shape index (κ2) is 19.0. The summed E-state index contributed by atoms with van der Waals surface area (Å²) in [5.41, 5.74) is 2.41. The van der Waals surface area contributed by atoms with Crippen molar-refractivity contribution in [2.75, 3.05) is 40.3 Å². The Labute approximate surface area is 290 Å². The third-order valence-corrected chi connectivity index (χ3v) is 6.52. The van der Waals surface area contributed by atoms with Crippen molar-refractivity contribution < 1.29 is 47.7 Å². The standard InChI is InChI=1S/C16H15FN4O4.C11H12N2O4.C6H7FN2/c1-10-13(17)15(19-8-18-10)25-12-5-3-2-4-11(12)14(20-9-22)16-21-24-7-6-23-16;1-15-12-10(11-13-17-7-6-16-11)8-4-2-3-5-9(8)14;1-4-6(7)5(2)9-3-8-4/h2-5,8,22H,6-7,9H2,1H3;2-5,14H,6-7H2,1H3;3H,1-2H3/b;12-10+;. The maximum absolute atomic E-state index is 14.1. The molecular formula is C33H34F2N8O8. The molecule has 2 aromatic carbocycles. The molecule has 0 bridgehead atoms. The summed E-state index contributed by atoms with van der Waals surface area (Å²) in [6, 6.07) is 13.5. The van der Waals surface area contributed by atoms with Crippen molar-refractivity contribution in [1.29, 1.82) is 0 Å². The lowest BCUT2D eigenvalue weighted by atomic mass is 10.1. The Hall–Kier alpha value is -6.30. The summed E-state index contributed by atoms with van der Waals surface area (Å²) in [5.74, 6) is -0.546. The number of aromatic nitrogens is 4. The number of halogens is 2. The highest BCUT2D eigenvalue weighted by Gasteiger charge is 2.23. The van der Waals surface area contributed by atoms with E-state index in [1.54, 1.807) is 62.4 Å². The van der Waals surface area contributed by atoms with Gasteiger partial charge in [-0.1, -0.05) is 29.4 Å². The number of ether oxygens (including phenoxy) is 3. The Balaban J connectivity index is 0.000000192. The number of hydrogen-bond donors (Lipinski definition) is 2. The van der Waals surface area contributed by atoms with E-state index in [9.17, 15) is 19.0 Å². The van der Waals surface area contributed by atoms with E-state index in [0.717, 1.165) is 0 Å². The van der Waals surface area contributed by atoms with Crippen molar-refractivity contribution in [2.24, 2.45) is 20.5 Å². The maximum Gasteiger partial charge on any atom is 0.280 e. The number of para-hydroxylation sites is 2. The van der Waals surface area contributed by atoms with Crippen LogP contribution in [0.2, 0.25) is 0 Å². The number of oxime groups is 3. The monoisotopic (exact) mass is 708 g/mol. The van der Waals surface area contributed by atoms with E-state index < -0.39 is 12.5 Å². The number of rotatable bonds is 8. The highest BCUT2D eigenvalue weighted by Crippen LogP contribution is 2.27. The third kappa shape index (κ3) is 10.3. The van der Waals surface area contributed by atoms with Crippen molar-refractivity contribution in [2.45, 2.75) is 20.8 Å². The average molecular weight is 709 g/mol. The Morgan fingerprint density at radius 2 is 1.29 bits per heavy atom. The van der Waals surface area contributed by atoms with Gasteiger partial charge < -0.3 is 38.9 Å². The smallest absolute Gasteiger partial charge is 0.280 e. The van der Waals surface area contributed by atoms with Crippen molar-refractivity contribution in [3.8, 4) is 17.4 Å². The molecule has 2 aromatic heterocycles. The normalized spacial score (nSPS) is 13.9. The summed E-state index contributed by atoms with van der Waals surface area (Å²) in [7, 11) is 1.41. The molecule has 18 heteroatoms. The topological polar surface area (TPSA) is 197 Å². The molecule has 4 heterocycles. The lowest BCUT2D eigenvalue weighted by molar-refractivity contribution is 0.0672. The first-order chi connectivity index (χ1) is 24.7. The van der Waals surface area contributed by atoms with Gasteiger partial charge in [0.25, 0.3) is 17.7 Å². The van der Waals surface area contributed by atoms with Crippen molar-refractivity contribution in [1.82, 2.24) is 19.9 Å². The van der Waals surface area contributed by atoms with Crippen LogP contribution in [0.4, 0.5) is 8.78 Å². The molecule has 268 valence electrons. The fourth-order valence-electron chi connectivity index (χ4n) is 4.08. The van der Waals surface area contributed by atoms with Gasteiger partial charge in [-0.15, -0.1) is 0 Å². The van der Waals surface area contributed by atoms with Gasteiger partial charge in [0.2, 0.25) is 5.82 Å². The highest BCUT2D eigenvalue weighted by molar-refractivity contribution is 6.46. The molecule has 16 nitrogen and oxygen atoms in total. The van der Waals surface area contributed by atoms with Crippen LogP contribution in [-0.2, 0) is 24.0 Å². The first-order valence-corrected chi connectivity index (χ1v) is 15.1. The van der Waals surface area contributed by atoms with Gasteiger partial charge in [-0.2, -0.15) is 9.37 Å². The number of aliphatic hydroxyl groups excluding tert-OH is 1. The second-order valence-electron chi connectivity index (χ2n) is 9.98. The van der Waals surface area contributed by atoms with E-state index in [2.05, 4.69) is 40.4 Å². The number of hydrogen-bond acceptors (Lipinski definition) is 16. The molecule has 0 amide bonds. The molecular weight excluding hydrogens is 674 g/mol. The van der Waals surface area contributed by atoms with Gasteiger partial charge in [-0.3, -0.25) is 4.99 Å². The molecule has 0 unspecified atom stereocenters. The van der Waals surface area contributed by atoms with Gasteiger partial charge in [-0.25, -0.2) is 19.3 Å². The molecule has 51 heavy (non-hydrogen) atoms. The predicted molar refractivity (Wildman–Crippen MR) is 179 cm³/mol. The molecule has 2 aliphatic heterocycles. The minimum atomic E-state index is -0.660. The number of nitrogens with zero attached hydrogens (tertiary/aromatic N) is 8. The first kappa shape index (κ1) is 37.5. The number of aromatic hydroxyl groups is 1. The quantitative estimate of drug-likeness (QED) is 0.196. The zero-order valence-corrected chi connectivity index (χ0v) is 28.0. The van der Waals surface area contributed by atoms with Crippen LogP contribution in [-0.4, -0.2) is 93.6 Å². The van der Waals surface area contributed by atoms with Crippen LogP contribution in [0.1, 0.15) is 28.2 Å².